The van der Waals surface area contributed by atoms with Crippen molar-refractivity contribution in [3.05, 3.63) is 84.0 Å². The van der Waals surface area contributed by atoms with Gasteiger partial charge in [-0.15, -0.1) is 11.3 Å². The van der Waals surface area contributed by atoms with E-state index in [9.17, 15) is 14.9 Å². The van der Waals surface area contributed by atoms with Gasteiger partial charge >= 0.3 is 0 Å². The first kappa shape index (κ1) is 20.8. The number of anilines is 1. The first-order valence-electron chi connectivity index (χ1n) is 8.78. The van der Waals surface area contributed by atoms with Gasteiger partial charge in [-0.3, -0.25) is 14.9 Å². The molecule has 1 aromatic heterocycles. The van der Waals surface area contributed by atoms with Crippen molar-refractivity contribution in [2.75, 3.05) is 5.32 Å². The predicted molar refractivity (Wildman–Crippen MR) is 115 cm³/mol. The van der Waals surface area contributed by atoms with Crippen molar-refractivity contribution in [3.8, 4) is 5.75 Å². The number of aryl methyl sites for hydroxylation is 3. The molecule has 0 aliphatic heterocycles. The molecule has 2 aromatic carbocycles. The largest absolute Gasteiger partial charge is 0.488 e. The van der Waals surface area contributed by atoms with Gasteiger partial charge in [-0.2, -0.15) is 0 Å². The number of nitrogens with one attached hydrogen (secondary N) is 1. The van der Waals surface area contributed by atoms with Crippen molar-refractivity contribution < 1.29 is 14.5 Å². The van der Waals surface area contributed by atoms with Crippen molar-refractivity contribution in [3.63, 3.8) is 0 Å². The second-order valence-electron chi connectivity index (χ2n) is 6.71. The van der Waals surface area contributed by atoms with E-state index in [-0.39, 0.29) is 16.6 Å². The summed E-state index contributed by atoms with van der Waals surface area (Å²) in [4.78, 5) is 23.2. The van der Waals surface area contributed by atoms with Crippen molar-refractivity contribution in [2.45, 2.75) is 27.4 Å². The van der Waals surface area contributed by atoms with Crippen LogP contribution in [0.2, 0.25) is 5.02 Å². The summed E-state index contributed by atoms with van der Waals surface area (Å²) in [5, 5.41) is 15.4. The Morgan fingerprint density at radius 1 is 1.17 bits per heavy atom. The number of nitro groups is 1. The molecule has 0 bridgehead atoms. The molecule has 0 aliphatic rings. The predicted octanol–water partition coefficient (Wildman–Crippen LogP) is 6.07. The van der Waals surface area contributed by atoms with E-state index in [0.29, 0.717) is 17.2 Å². The van der Waals surface area contributed by atoms with Gasteiger partial charge in [0.05, 0.1) is 20.5 Å². The fourth-order valence-corrected chi connectivity index (χ4v) is 4.04. The third-order valence-corrected chi connectivity index (χ3v) is 5.57. The summed E-state index contributed by atoms with van der Waals surface area (Å²) in [7, 11) is 0. The third-order valence-electron chi connectivity index (χ3n) is 4.28. The van der Waals surface area contributed by atoms with Gasteiger partial charge in [0.15, 0.2) is 0 Å². The monoisotopic (exact) mass is 430 g/mol. The van der Waals surface area contributed by atoms with Crippen LogP contribution in [0.25, 0.3) is 0 Å². The van der Waals surface area contributed by atoms with Gasteiger partial charge in [-0.25, -0.2) is 0 Å². The Morgan fingerprint density at radius 2 is 1.86 bits per heavy atom. The Bertz CT molecular complexity index is 1070. The van der Waals surface area contributed by atoms with Crippen LogP contribution >= 0.6 is 22.9 Å². The number of hydrogen-bond acceptors (Lipinski definition) is 5. The lowest BCUT2D eigenvalue weighted by molar-refractivity contribution is -0.384. The number of carbonyl (C=O) groups excluding carboxylic acids is 1. The van der Waals surface area contributed by atoms with E-state index in [2.05, 4.69) is 17.4 Å². The molecule has 0 spiro atoms. The highest BCUT2D eigenvalue weighted by molar-refractivity contribution is 7.12. The maximum absolute atomic E-state index is 12.5. The Kier molecular flexibility index (Phi) is 6.20. The van der Waals surface area contributed by atoms with Crippen LogP contribution in [0.5, 0.6) is 5.75 Å². The number of rotatable bonds is 6. The highest BCUT2D eigenvalue weighted by Crippen LogP contribution is 2.29. The standard InChI is InChI=1S/C21H19ClN2O4S/c1-12-6-13(2)20(14(3)7-12)28-10-15-8-19(29-11-15)21(25)23-18-5-4-16(24(26)27)9-17(18)22/h4-9,11H,10H2,1-3H3,(H,23,25). The van der Waals surface area contributed by atoms with E-state index in [0.717, 1.165) is 22.4 Å². The Balaban J connectivity index is 1.67. The number of hydrogen-bond donors (Lipinski definition) is 1. The zero-order valence-corrected chi connectivity index (χ0v) is 17.7. The van der Waals surface area contributed by atoms with Crippen LogP contribution in [0.4, 0.5) is 11.4 Å². The van der Waals surface area contributed by atoms with Gasteiger partial charge < -0.3 is 10.1 Å². The van der Waals surface area contributed by atoms with E-state index in [1.807, 2.05) is 26.2 Å². The van der Waals surface area contributed by atoms with Crippen LogP contribution in [0, 0.1) is 30.9 Å². The summed E-state index contributed by atoms with van der Waals surface area (Å²) >= 11 is 7.33. The Hall–Kier alpha value is -2.90. The quantitative estimate of drug-likeness (QED) is 0.380. The summed E-state index contributed by atoms with van der Waals surface area (Å²) in [5.41, 5.74) is 4.40. The Morgan fingerprint density at radius 3 is 2.48 bits per heavy atom. The molecular formula is C21H19ClN2O4S. The number of nitro benzene ring substituents is 1. The van der Waals surface area contributed by atoms with Gasteiger partial charge in [-0.05, 0) is 49.4 Å². The average molecular weight is 431 g/mol. The molecule has 0 saturated heterocycles. The van der Waals surface area contributed by atoms with Gasteiger partial charge in [-0.1, -0.05) is 29.3 Å². The molecule has 1 amide bonds. The molecule has 1 heterocycles. The topological polar surface area (TPSA) is 81.5 Å². The molecule has 0 unspecified atom stereocenters. The van der Waals surface area contributed by atoms with Gasteiger partial charge in [0.1, 0.15) is 12.4 Å². The number of benzene rings is 2. The summed E-state index contributed by atoms with van der Waals surface area (Å²) in [6.07, 6.45) is 0. The molecule has 0 radical (unpaired) electrons. The molecule has 29 heavy (non-hydrogen) atoms. The van der Waals surface area contributed by atoms with Gasteiger partial charge in [0.2, 0.25) is 0 Å². The van der Waals surface area contributed by atoms with Crippen LogP contribution in [-0.2, 0) is 6.61 Å². The first-order chi connectivity index (χ1) is 13.7. The molecule has 8 heteroatoms. The van der Waals surface area contributed by atoms with Crippen LogP contribution in [0.3, 0.4) is 0 Å². The normalized spacial score (nSPS) is 10.6. The number of nitrogens with zero attached hydrogens (tertiary/aromatic N) is 1. The number of halogens is 1. The van der Waals surface area contributed by atoms with Crippen molar-refractivity contribution in [1.29, 1.82) is 0 Å². The van der Waals surface area contributed by atoms with Crippen LogP contribution in [0.15, 0.2) is 41.8 Å². The minimum atomic E-state index is -0.541. The number of carbonyl (C=O) groups is 1. The van der Waals surface area contributed by atoms with E-state index in [4.69, 9.17) is 16.3 Å². The van der Waals surface area contributed by atoms with E-state index in [1.54, 1.807) is 6.07 Å². The minimum absolute atomic E-state index is 0.109. The molecule has 0 atom stereocenters. The molecule has 150 valence electrons. The lowest BCUT2D eigenvalue weighted by Crippen LogP contribution is -2.10. The summed E-state index contributed by atoms with van der Waals surface area (Å²) in [5.74, 6) is 0.519. The van der Waals surface area contributed by atoms with Crippen molar-refractivity contribution >= 4 is 40.2 Å². The molecule has 1 N–H and O–H groups in total. The summed E-state index contributed by atoms with van der Waals surface area (Å²) in [6, 6.07) is 9.82. The minimum Gasteiger partial charge on any atom is -0.488 e. The maximum atomic E-state index is 12.5. The zero-order valence-electron chi connectivity index (χ0n) is 16.1. The second-order valence-corrected chi connectivity index (χ2v) is 8.03. The van der Waals surface area contributed by atoms with Gasteiger partial charge in [0, 0.05) is 17.7 Å². The molecular weight excluding hydrogens is 412 g/mol. The molecule has 0 saturated carbocycles. The lowest BCUT2D eigenvalue weighted by atomic mass is 10.1. The smallest absolute Gasteiger partial charge is 0.271 e. The first-order valence-corrected chi connectivity index (χ1v) is 10.0. The van der Waals surface area contributed by atoms with Crippen LogP contribution in [-0.4, -0.2) is 10.8 Å². The van der Waals surface area contributed by atoms with E-state index >= 15 is 0 Å². The fraction of sp³-hybridized carbons (Fsp3) is 0.190. The average Bonchev–Trinajstić information content (AvgIpc) is 3.11. The van der Waals surface area contributed by atoms with Crippen LogP contribution in [0.1, 0.15) is 31.9 Å². The SMILES string of the molecule is Cc1cc(C)c(OCc2csc(C(=O)Nc3ccc([N+](=O)[O-])cc3Cl)c2)c(C)c1. The number of thiophene rings is 1. The lowest BCUT2D eigenvalue weighted by Gasteiger charge is -2.12. The van der Waals surface area contributed by atoms with E-state index in [1.165, 1.54) is 35.1 Å². The number of non-ortho nitro benzene ring substituents is 1. The molecule has 3 rings (SSSR count). The maximum Gasteiger partial charge on any atom is 0.271 e. The van der Waals surface area contributed by atoms with Crippen LogP contribution < -0.4 is 10.1 Å². The van der Waals surface area contributed by atoms with E-state index < -0.39 is 4.92 Å². The highest BCUT2D eigenvalue weighted by Gasteiger charge is 2.15. The van der Waals surface area contributed by atoms with Crippen molar-refractivity contribution in [2.24, 2.45) is 0 Å². The number of amides is 1. The van der Waals surface area contributed by atoms with Crippen molar-refractivity contribution in [1.82, 2.24) is 0 Å². The summed E-state index contributed by atoms with van der Waals surface area (Å²) in [6.45, 7) is 6.42. The fourth-order valence-electron chi connectivity index (χ4n) is 3.02. The summed E-state index contributed by atoms with van der Waals surface area (Å²) < 4.78 is 5.96. The number of ether oxygens (including phenoxy) is 1. The third kappa shape index (κ3) is 4.93. The zero-order chi connectivity index (χ0) is 21.1. The Labute approximate surface area is 177 Å². The molecule has 0 aliphatic carbocycles. The molecule has 6 nitrogen and oxygen atoms in total. The second kappa shape index (κ2) is 8.63. The molecule has 3 aromatic rings. The molecule has 0 fully saturated rings. The van der Waals surface area contributed by atoms with Gasteiger partial charge in [0.25, 0.3) is 11.6 Å². The highest BCUT2D eigenvalue weighted by atomic mass is 35.5.